The molecule has 1 aliphatic rings. The number of amides is 2. The number of carbonyl (C=O) groups excluding carboxylic acids is 2. The highest BCUT2D eigenvalue weighted by Gasteiger charge is 2.18. The zero-order valence-electron chi connectivity index (χ0n) is 12.5. The average molecular weight is 291 g/mol. The number of nitrogens with one attached hydrogen (secondary N) is 1. The van der Waals surface area contributed by atoms with Crippen molar-refractivity contribution in [3.05, 3.63) is 23.9 Å². The minimum absolute atomic E-state index is 0.0308. The van der Waals surface area contributed by atoms with Crippen LogP contribution in [0.25, 0.3) is 0 Å². The highest BCUT2D eigenvalue weighted by Crippen LogP contribution is 2.10. The Kier molecular flexibility index (Phi) is 5.14. The number of pyridine rings is 1. The summed E-state index contributed by atoms with van der Waals surface area (Å²) in [6.45, 7) is 5.43. The lowest BCUT2D eigenvalue weighted by molar-refractivity contribution is -0.129. The number of nitrogens with zero attached hydrogens (tertiary/aromatic N) is 2. The SMILES string of the molecule is CC(C)Oc1ccc(C(=O)NCC(=O)N2CCCC2)cn1. The van der Waals surface area contributed by atoms with E-state index in [4.69, 9.17) is 4.74 Å². The van der Waals surface area contributed by atoms with Crippen LogP contribution in [-0.2, 0) is 4.79 Å². The number of hydrogen-bond acceptors (Lipinski definition) is 4. The molecule has 1 N–H and O–H groups in total. The summed E-state index contributed by atoms with van der Waals surface area (Å²) in [5, 5.41) is 2.62. The standard InChI is InChI=1S/C15H21N3O3/c1-11(2)21-13-6-5-12(9-16-13)15(20)17-10-14(19)18-7-3-4-8-18/h5-6,9,11H,3-4,7-8,10H2,1-2H3,(H,17,20). The molecule has 0 spiro atoms. The summed E-state index contributed by atoms with van der Waals surface area (Å²) >= 11 is 0. The Morgan fingerprint density at radius 2 is 2.05 bits per heavy atom. The molecular formula is C15H21N3O3. The van der Waals surface area contributed by atoms with E-state index in [1.807, 2.05) is 13.8 Å². The fourth-order valence-electron chi connectivity index (χ4n) is 2.16. The van der Waals surface area contributed by atoms with Gasteiger partial charge < -0.3 is 15.0 Å². The summed E-state index contributed by atoms with van der Waals surface area (Å²) in [4.78, 5) is 29.6. The first kappa shape index (κ1) is 15.3. The van der Waals surface area contributed by atoms with Crippen LogP contribution in [0.3, 0.4) is 0 Å². The molecule has 114 valence electrons. The smallest absolute Gasteiger partial charge is 0.253 e. The molecule has 1 aromatic rings. The highest BCUT2D eigenvalue weighted by atomic mass is 16.5. The maximum absolute atomic E-state index is 11.9. The van der Waals surface area contributed by atoms with Crippen LogP contribution in [0.5, 0.6) is 5.88 Å². The Morgan fingerprint density at radius 3 is 2.62 bits per heavy atom. The van der Waals surface area contributed by atoms with Crippen molar-refractivity contribution < 1.29 is 14.3 Å². The Morgan fingerprint density at radius 1 is 1.33 bits per heavy atom. The first-order valence-corrected chi connectivity index (χ1v) is 7.25. The third-order valence-corrected chi connectivity index (χ3v) is 3.21. The topological polar surface area (TPSA) is 71.5 Å². The minimum atomic E-state index is -0.300. The second-order valence-corrected chi connectivity index (χ2v) is 5.32. The molecule has 6 nitrogen and oxygen atoms in total. The predicted octanol–water partition coefficient (Wildman–Crippen LogP) is 1.22. The van der Waals surface area contributed by atoms with Gasteiger partial charge in [0, 0.05) is 25.4 Å². The van der Waals surface area contributed by atoms with Gasteiger partial charge in [0.2, 0.25) is 11.8 Å². The van der Waals surface area contributed by atoms with Crippen molar-refractivity contribution in [2.45, 2.75) is 32.8 Å². The van der Waals surface area contributed by atoms with E-state index in [9.17, 15) is 9.59 Å². The van der Waals surface area contributed by atoms with Crippen LogP contribution >= 0.6 is 0 Å². The fraction of sp³-hybridized carbons (Fsp3) is 0.533. The molecule has 2 amide bonds. The molecule has 1 fully saturated rings. The van der Waals surface area contributed by atoms with Crippen molar-refractivity contribution in [2.75, 3.05) is 19.6 Å². The molecule has 1 saturated heterocycles. The molecule has 1 aromatic heterocycles. The molecule has 6 heteroatoms. The average Bonchev–Trinajstić information content (AvgIpc) is 2.99. The molecule has 0 aliphatic carbocycles. The third-order valence-electron chi connectivity index (χ3n) is 3.21. The van der Waals surface area contributed by atoms with Crippen LogP contribution in [0.1, 0.15) is 37.0 Å². The van der Waals surface area contributed by atoms with Crippen LogP contribution in [0, 0.1) is 0 Å². The normalized spacial score (nSPS) is 14.3. The number of aromatic nitrogens is 1. The van der Waals surface area contributed by atoms with Gasteiger partial charge in [0.25, 0.3) is 5.91 Å². The summed E-state index contributed by atoms with van der Waals surface area (Å²) in [7, 11) is 0. The van der Waals surface area contributed by atoms with Crippen molar-refractivity contribution in [1.29, 1.82) is 0 Å². The van der Waals surface area contributed by atoms with Gasteiger partial charge in [-0.15, -0.1) is 0 Å². The first-order chi connectivity index (χ1) is 10.1. The zero-order valence-corrected chi connectivity index (χ0v) is 12.5. The number of likely N-dealkylation sites (tertiary alicyclic amines) is 1. The van der Waals surface area contributed by atoms with Gasteiger partial charge in [-0.3, -0.25) is 9.59 Å². The molecule has 0 bridgehead atoms. The van der Waals surface area contributed by atoms with Gasteiger partial charge in [0.1, 0.15) is 0 Å². The van der Waals surface area contributed by atoms with Crippen LogP contribution in [0.15, 0.2) is 18.3 Å². The molecular weight excluding hydrogens is 270 g/mol. The van der Waals surface area contributed by atoms with Crippen LogP contribution in [0.4, 0.5) is 0 Å². The van der Waals surface area contributed by atoms with Gasteiger partial charge in [0.05, 0.1) is 18.2 Å². The molecule has 1 aliphatic heterocycles. The lowest BCUT2D eigenvalue weighted by Crippen LogP contribution is -2.38. The number of ether oxygens (including phenoxy) is 1. The largest absolute Gasteiger partial charge is 0.475 e. The first-order valence-electron chi connectivity index (χ1n) is 7.25. The van der Waals surface area contributed by atoms with Crippen LogP contribution in [0.2, 0.25) is 0 Å². The van der Waals surface area contributed by atoms with E-state index < -0.39 is 0 Å². The lowest BCUT2D eigenvalue weighted by Gasteiger charge is -2.15. The van der Waals surface area contributed by atoms with Crippen molar-refractivity contribution in [3.8, 4) is 5.88 Å². The predicted molar refractivity (Wildman–Crippen MR) is 78.1 cm³/mol. The summed E-state index contributed by atoms with van der Waals surface area (Å²) in [6.07, 6.45) is 3.57. The summed E-state index contributed by atoms with van der Waals surface area (Å²) in [5.74, 6) is 0.148. The molecule has 0 saturated carbocycles. The Hall–Kier alpha value is -2.11. The molecule has 0 atom stereocenters. The van der Waals surface area contributed by atoms with E-state index in [0.29, 0.717) is 11.4 Å². The Balaban J connectivity index is 1.83. The monoisotopic (exact) mass is 291 g/mol. The second kappa shape index (κ2) is 7.06. The van der Waals surface area contributed by atoms with E-state index >= 15 is 0 Å². The summed E-state index contributed by atoms with van der Waals surface area (Å²) in [6, 6.07) is 3.29. The molecule has 2 rings (SSSR count). The van der Waals surface area contributed by atoms with E-state index in [0.717, 1.165) is 25.9 Å². The third kappa shape index (κ3) is 4.44. The van der Waals surface area contributed by atoms with E-state index in [-0.39, 0.29) is 24.5 Å². The second-order valence-electron chi connectivity index (χ2n) is 5.32. The lowest BCUT2D eigenvalue weighted by atomic mass is 10.2. The van der Waals surface area contributed by atoms with Crippen molar-refractivity contribution in [2.24, 2.45) is 0 Å². The molecule has 0 radical (unpaired) electrons. The van der Waals surface area contributed by atoms with Gasteiger partial charge in [-0.25, -0.2) is 4.98 Å². The van der Waals surface area contributed by atoms with E-state index in [1.54, 1.807) is 17.0 Å². The highest BCUT2D eigenvalue weighted by molar-refractivity contribution is 5.96. The van der Waals surface area contributed by atoms with Crippen LogP contribution < -0.4 is 10.1 Å². The van der Waals surface area contributed by atoms with E-state index in [2.05, 4.69) is 10.3 Å². The number of rotatable bonds is 5. The quantitative estimate of drug-likeness (QED) is 0.885. The Labute approximate surface area is 124 Å². The summed E-state index contributed by atoms with van der Waals surface area (Å²) < 4.78 is 5.41. The van der Waals surface area contributed by atoms with Crippen molar-refractivity contribution in [1.82, 2.24) is 15.2 Å². The number of carbonyl (C=O) groups is 2. The fourth-order valence-corrected chi connectivity index (χ4v) is 2.16. The van der Waals surface area contributed by atoms with Gasteiger partial charge in [0.15, 0.2) is 0 Å². The van der Waals surface area contributed by atoms with E-state index in [1.165, 1.54) is 6.20 Å². The number of hydrogen-bond donors (Lipinski definition) is 1. The zero-order chi connectivity index (χ0) is 15.2. The minimum Gasteiger partial charge on any atom is -0.475 e. The maximum Gasteiger partial charge on any atom is 0.253 e. The van der Waals surface area contributed by atoms with Gasteiger partial charge >= 0.3 is 0 Å². The maximum atomic E-state index is 11.9. The molecule has 21 heavy (non-hydrogen) atoms. The van der Waals surface area contributed by atoms with Crippen LogP contribution in [-0.4, -0.2) is 47.4 Å². The Bertz CT molecular complexity index is 493. The van der Waals surface area contributed by atoms with Gasteiger partial charge in [-0.2, -0.15) is 0 Å². The van der Waals surface area contributed by atoms with Gasteiger partial charge in [-0.05, 0) is 32.8 Å². The molecule has 0 unspecified atom stereocenters. The molecule has 0 aromatic carbocycles. The molecule has 2 heterocycles. The van der Waals surface area contributed by atoms with Gasteiger partial charge in [-0.1, -0.05) is 0 Å². The van der Waals surface area contributed by atoms with Crippen molar-refractivity contribution >= 4 is 11.8 Å². The summed E-state index contributed by atoms with van der Waals surface area (Å²) in [5.41, 5.74) is 0.417. The van der Waals surface area contributed by atoms with Crippen molar-refractivity contribution in [3.63, 3.8) is 0 Å².